The highest BCUT2D eigenvalue weighted by molar-refractivity contribution is 5.93. The Morgan fingerprint density at radius 2 is 1.90 bits per heavy atom. The van der Waals surface area contributed by atoms with Gasteiger partial charge in [-0.15, -0.1) is 0 Å². The summed E-state index contributed by atoms with van der Waals surface area (Å²) < 4.78 is 6.50. The summed E-state index contributed by atoms with van der Waals surface area (Å²) in [5, 5.41) is 3.14. The number of hydrogen-bond donors (Lipinski definition) is 1. The number of amides is 1. The SMILES string of the molecule is CCOC(=O)c1cn(CC(=O)NCCc2ccccc2)c2nc(C)ccc2c1=O. The molecule has 0 unspecified atom stereocenters. The van der Waals surface area contributed by atoms with Crippen molar-refractivity contribution < 1.29 is 14.3 Å². The van der Waals surface area contributed by atoms with Crippen molar-refractivity contribution in [2.45, 2.75) is 26.8 Å². The summed E-state index contributed by atoms with van der Waals surface area (Å²) in [6, 6.07) is 13.2. The summed E-state index contributed by atoms with van der Waals surface area (Å²) in [6.07, 6.45) is 2.06. The van der Waals surface area contributed by atoms with E-state index in [4.69, 9.17) is 4.74 Å². The third-order valence-corrected chi connectivity index (χ3v) is 4.45. The molecule has 0 atom stereocenters. The Hall–Kier alpha value is -3.48. The van der Waals surface area contributed by atoms with Gasteiger partial charge in [0.15, 0.2) is 0 Å². The van der Waals surface area contributed by atoms with Gasteiger partial charge in [-0.1, -0.05) is 30.3 Å². The van der Waals surface area contributed by atoms with Crippen molar-refractivity contribution in [3.8, 4) is 0 Å². The van der Waals surface area contributed by atoms with Gasteiger partial charge in [0, 0.05) is 18.4 Å². The number of ether oxygens (including phenoxy) is 1. The fraction of sp³-hybridized carbons (Fsp3) is 0.273. The summed E-state index contributed by atoms with van der Waals surface area (Å²) in [6.45, 7) is 4.05. The molecule has 0 aliphatic carbocycles. The third kappa shape index (κ3) is 4.87. The van der Waals surface area contributed by atoms with Gasteiger partial charge in [0.25, 0.3) is 0 Å². The van der Waals surface area contributed by atoms with Crippen LogP contribution in [-0.4, -0.2) is 34.6 Å². The number of nitrogens with zero attached hydrogens (tertiary/aromatic N) is 2. The maximum atomic E-state index is 12.7. The van der Waals surface area contributed by atoms with Gasteiger partial charge in [0.2, 0.25) is 11.3 Å². The minimum absolute atomic E-state index is 0.0611. The molecule has 3 rings (SSSR count). The van der Waals surface area contributed by atoms with Crippen LogP contribution in [0, 0.1) is 6.92 Å². The van der Waals surface area contributed by atoms with Crippen LogP contribution in [-0.2, 0) is 22.5 Å². The van der Waals surface area contributed by atoms with E-state index in [9.17, 15) is 14.4 Å². The standard InChI is InChI=1S/C22H23N3O4/c1-3-29-22(28)18-13-25(21-17(20(18)27)10-9-15(2)24-21)14-19(26)23-12-11-16-7-5-4-6-8-16/h4-10,13H,3,11-12,14H2,1-2H3,(H,23,26). The average molecular weight is 393 g/mol. The summed E-state index contributed by atoms with van der Waals surface area (Å²) in [4.78, 5) is 41.7. The molecule has 29 heavy (non-hydrogen) atoms. The second-order valence-electron chi connectivity index (χ2n) is 6.63. The average Bonchev–Trinajstić information content (AvgIpc) is 2.71. The first-order valence-electron chi connectivity index (χ1n) is 9.48. The van der Waals surface area contributed by atoms with Crippen molar-refractivity contribution >= 4 is 22.9 Å². The molecule has 150 valence electrons. The van der Waals surface area contributed by atoms with Crippen LogP contribution in [0.25, 0.3) is 11.0 Å². The van der Waals surface area contributed by atoms with Crippen molar-refractivity contribution in [3.05, 3.63) is 75.7 Å². The molecule has 0 radical (unpaired) electrons. The first kappa shape index (κ1) is 20.3. The van der Waals surface area contributed by atoms with Gasteiger partial charge < -0.3 is 14.6 Å². The maximum absolute atomic E-state index is 12.7. The first-order valence-corrected chi connectivity index (χ1v) is 9.48. The molecular formula is C22H23N3O4. The van der Waals surface area contributed by atoms with Crippen LogP contribution in [0.4, 0.5) is 0 Å². The van der Waals surface area contributed by atoms with E-state index in [-0.39, 0.29) is 30.0 Å². The predicted octanol–water partition coefficient (Wildman–Crippen LogP) is 2.24. The Morgan fingerprint density at radius 1 is 1.14 bits per heavy atom. The zero-order chi connectivity index (χ0) is 20.8. The minimum Gasteiger partial charge on any atom is -0.462 e. The van der Waals surface area contributed by atoms with Crippen LogP contribution in [0.15, 0.2) is 53.5 Å². The Balaban J connectivity index is 1.84. The summed E-state index contributed by atoms with van der Waals surface area (Å²) in [7, 11) is 0. The topological polar surface area (TPSA) is 90.3 Å². The highest BCUT2D eigenvalue weighted by Gasteiger charge is 2.18. The molecule has 7 nitrogen and oxygen atoms in total. The molecule has 0 fully saturated rings. The van der Waals surface area contributed by atoms with Crippen LogP contribution in [0.5, 0.6) is 0 Å². The number of nitrogens with one attached hydrogen (secondary N) is 1. The van der Waals surface area contributed by atoms with E-state index in [2.05, 4.69) is 10.3 Å². The number of esters is 1. The Labute approximate surface area is 168 Å². The number of aryl methyl sites for hydroxylation is 1. The Morgan fingerprint density at radius 3 is 2.62 bits per heavy atom. The molecule has 1 aromatic carbocycles. The maximum Gasteiger partial charge on any atom is 0.343 e. The Bertz CT molecular complexity index is 1090. The van der Waals surface area contributed by atoms with Gasteiger partial charge in [-0.05, 0) is 38.0 Å². The van der Waals surface area contributed by atoms with Gasteiger partial charge in [0.05, 0.1) is 12.0 Å². The lowest BCUT2D eigenvalue weighted by Crippen LogP contribution is -2.31. The van der Waals surface area contributed by atoms with Gasteiger partial charge in [-0.3, -0.25) is 9.59 Å². The molecule has 0 saturated carbocycles. The van der Waals surface area contributed by atoms with Crippen molar-refractivity contribution in [1.29, 1.82) is 0 Å². The third-order valence-electron chi connectivity index (χ3n) is 4.45. The number of carbonyl (C=O) groups excluding carboxylic acids is 2. The lowest BCUT2D eigenvalue weighted by atomic mass is 10.1. The molecule has 0 bridgehead atoms. The number of hydrogen-bond acceptors (Lipinski definition) is 5. The van der Waals surface area contributed by atoms with E-state index in [0.29, 0.717) is 24.3 Å². The van der Waals surface area contributed by atoms with Crippen LogP contribution in [0.3, 0.4) is 0 Å². The highest BCUT2D eigenvalue weighted by Crippen LogP contribution is 2.12. The second-order valence-corrected chi connectivity index (χ2v) is 6.63. The van der Waals surface area contributed by atoms with Gasteiger partial charge in [-0.25, -0.2) is 9.78 Å². The molecule has 0 saturated heterocycles. The van der Waals surface area contributed by atoms with Crippen molar-refractivity contribution in [1.82, 2.24) is 14.9 Å². The predicted molar refractivity (Wildman–Crippen MR) is 110 cm³/mol. The fourth-order valence-electron chi connectivity index (χ4n) is 3.04. The zero-order valence-electron chi connectivity index (χ0n) is 16.5. The zero-order valence-corrected chi connectivity index (χ0v) is 16.5. The molecule has 1 amide bonds. The van der Waals surface area contributed by atoms with Crippen molar-refractivity contribution in [2.24, 2.45) is 0 Å². The molecule has 2 aromatic heterocycles. The molecule has 2 heterocycles. The molecule has 0 spiro atoms. The largest absolute Gasteiger partial charge is 0.462 e. The number of aromatic nitrogens is 2. The molecule has 0 aliphatic heterocycles. The Kier molecular flexibility index (Phi) is 6.39. The van der Waals surface area contributed by atoms with Crippen LogP contribution in [0.1, 0.15) is 28.5 Å². The van der Waals surface area contributed by atoms with E-state index >= 15 is 0 Å². The van der Waals surface area contributed by atoms with Gasteiger partial charge >= 0.3 is 5.97 Å². The fourth-order valence-corrected chi connectivity index (χ4v) is 3.04. The van der Waals surface area contributed by atoms with Gasteiger partial charge in [-0.2, -0.15) is 0 Å². The van der Waals surface area contributed by atoms with E-state index in [1.807, 2.05) is 30.3 Å². The summed E-state index contributed by atoms with van der Waals surface area (Å²) >= 11 is 0. The van der Waals surface area contributed by atoms with E-state index in [0.717, 1.165) is 5.56 Å². The monoisotopic (exact) mass is 393 g/mol. The van der Waals surface area contributed by atoms with Gasteiger partial charge in [0.1, 0.15) is 17.8 Å². The normalized spacial score (nSPS) is 10.7. The number of rotatable bonds is 7. The minimum atomic E-state index is -0.710. The van der Waals surface area contributed by atoms with E-state index in [1.54, 1.807) is 26.0 Å². The molecule has 7 heteroatoms. The summed E-state index contributed by atoms with van der Waals surface area (Å²) in [5.74, 6) is -0.942. The molecule has 0 aliphatic rings. The van der Waals surface area contributed by atoms with Crippen molar-refractivity contribution in [2.75, 3.05) is 13.2 Å². The smallest absolute Gasteiger partial charge is 0.343 e. The second kappa shape index (κ2) is 9.14. The summed E-state index contributed by atoms with van der Waals surface area (Å²) in [5.41, 5.74) is 1.64. The molecular weight excluding hydrogens is 370 g/mol. The quantitative estimate of drug-likeness (QED) is 0.622. The number of fused-ring (bicyclic) bond motifs is 1. The first-order chi connectivity index (χ1) is 14.0. The van der Waals surface area contributed by atoms with Crippen LogP contribution >= 0.6 is 0 Å². The highest BCUT2D eigenvalue weighted by atomic mass is 16.5. The van der Waals surface area contributed by atoms with E-state index in [1.165, 1.54) is 10.8 Å². The molecule has 1 N–H and O–H groups in total. The van der Waals surface area contributed by atoms with E-state index < -0.39 is 11.4 Å². The lowest BCUT2D eigenvalue weighted by molar-refractivity contribution is -0.121. The molecule has 3 aromatic rings. The van der Waals surface area contributed by atoms with Crippen molar-refractivity contribution in [3.63, 3.8) is 0 Å². The van der Waals surface area contributed by atoms with Crippen LogP contribution in [0.2, 0.25) is 0 Å². The number of benzene rings is 1. The number of pyridine rings is 2. The lowest BCUT2D eigenvalue weighted by Gasteiger charge is -2.13. The number of carbonyl (C=O) groups is 2. The van der Waals surface area contributed by atoms with Crippen LogP contribution < -0.4 is 10.7 Å².